The van der Waals surface area contributed by atoms with Gasteiger partial charge in [-0.05, 0) is 18.4 Å². The predicted molar refractivity (Wildman–Crippen MR) is 83.2 cm³/mol. The minimum absolute atomic E-state index is 0.102. The molecule has 3 rings (SSSR count). The number of benzene rings is 1. The number of aromatic nitrogens is 1. The highest BCUT2D eigenvalue weighted by Crippen LogP contribution is 2.34. The lowest BCUT2D eigenvalue weighted by Crippen LogP contribution is -2.31. The van der Waals surface area contributed by atoms with Crippen molar-refractivity contribution in [3.63, 3.8) is 0 Å². The molecule has 0 saturated carbocycles. The van der Waals surface area contributed by atoms with E-state index in [1.54, 1.807) is 4.90 Å². The molecule has 0 unspecified atom stereocenters. The van der Waals surface area contributed by atoms with Gasteiger partial charge in [-0.15, -0.1) is 0 Å². The maximum absolute atomic E-state index is 12.4. The van der Waals surface area contributed by atoms with Crippen LogP contribution >= 0.6 is 0 Å². The van der Waals surface area contributed by atoms with Crippen molar-refractivity contribution < 1.29 is 23.5 Å². The van der Waals surface area contributed by atoms with Crippen LogP contribution in [0.2, 0.25) is 0 Å². The van der Waals surface area contributed by atoms with E-state index in [1.165, 1.54) is 13.5 Å². The Labute approximate surface area is 139 Å². The first-order valence-corrected chi connectivity index (χ1v) is 7.69. The lowest BCUT2D eigenvalue weighted by Gasteiger charge is -2.22. The van der Waals surface area contributed by atoms with E-state index in [1.807, 2.05) is 30.3 Å². The molecule has 0 spiro atoms. The molecule has 7 nitrogen and oxygen atoms in total. The number of carbonyl (C=O) groups excluding carboxylic acids is 2. The summed E-state index contributed by atoms with van der Waals surface area (Å²) in [5.74, 6) is -0.237. The summed E-state index contributed by atoms with van der Waals surface area (Å²) in [6.07, 6.45) is 2.23. The van der Waals surface area contributed by atoms with Gasteiger partial charge in [0.25, 0.3) is 0 Å². The summed E-state index contributed by atoms with van der Waals surface area (Å²) in [7, 11) is 1.28. The zero-order chi connectivity index (χ0) is 16.9. The van der Waals surface area contributed by atoms with E-state index in [9.17, 15) is 9.59 Å². The fourth-order valence-electron chi connectivity index (χ4n) is 2.80. The van der Waals surface area contributed by atoms with Crippen molar-refractivity contribution in [2.45, 2.75) is 25.5 Å². The van der Waals surface area contributed by atoms with Crippen molar-refractivity contribution >= 4 is 12.1 Å². The number of ether oxygens (including phenoxy) is 2. The number of amides is 1. The van der Waals surface area contributed by atoms with Crippen LogP contribution in [0.1, 0.15) is 40.7 Å². The van der Waals surface area contributed by atoms with Gasteiger partial charge in [0.05, 0.1) is 13.2 Å². The molecule has 2 aromatic rings. The maximum Gasteiger partial charge on any atom is 0.410 e. The Balaban J connectivity index is 1.70. The van der Waals surface area contributed by atoms with Crippen LogP contribution in [0.5, 0.6) is 0 Å². The predicted octanol–water partition coefficient (Wildman–Crippen LogP) is 2.93. The summed E-state index contributed by atoms with van der Waals surface area (Å²) in [5, 5.41) is 0. The van der Waals surface area contributed by atoms with Gasteiger partial charge in [-0.2, -0.15) is 0 Å². The van der Waals surface area contributed by atoms with Crippen LogP contribution in [-0.2, 0) is 16.1 Å². The SMILES string of the molecule is COC(=O)c1ncoc1[C@H]1CCCN1C(=O)OCc1ccccc1. The van der Waals surface area contributed by atoms with Crippen LogP contribution in [0.3, 0.4) is 0 Å². The third kappa shape index (κ3) is 3.24. The van der Waals surface area contributed by atoms with Crippen molar-refractivity contribution in [1.29, 1.82) is 0 Å². The summed E-state index contributed by atoms with van der Waals surface area (Å²) < 4.78 is 15.4. The van der Waals surface area contributed by atoms with Crippen molar-refractivity contribution in [2.24, 2.45) is 0 Å². The minimum atomic E-state index is -0.580. The van der Waals surface area contributed by atoms with Crippen LogP contribution in [0.15, 0.2) is 41.1 Å². The summed E-state index contributed by atoms with van der Waals surface area (Å²) in [6, 6.07) is 9.09. The standard InChI is InChI=1S/C17H18N2O5/c1-22-16(20)14-15(24-11-18-14)13-8-5-9-19(13)17(21)23-10-12-6-3-2-4-7-12/h2-4,6-7,11,13H,5,8-10H2,1H3/t13-/m1/s1. The van der Waals surface area contributed by atoms with Crippen LogP contribution in [0.25, 0.3) is 0 Å². The van der Waals surface area contributed by atoms with E-state index in [0.29, 0.717) is 18.7 Å². The largest absolute Gasteiger partial charge is 0.464 e. The third-order valence-electron chi connectivity index (χ3n) is 3.97. The molecule has 2 heterocycles. The van der Waals surface area contributed by atoms with Crippen LogP contribution in [0, 0.1) is 0 Å². The van der Waals surface area contributed by atoms with E-state index in [2.05, 4.69) is 4.98 Å². The lowest BCUT2D eigenvalue weighted by atomic mass is 10.1. The first kappa shape index (κ1) is 16.0. The first-order valence-electron chi connectivity index (χ1n) is 7.69. The van der Waals surface area contributed by atoms with Gasteiger partial charge in [0.15, 0.2) is 17.8 Å². The van der Waals surface area contributed by atoms with Crippen LogP contribution in [0.4, 0.5) is 4.79 Å². The zero-order valence-electron chi connectivity index (χ0n) is 13.3. The highest BCUT2D eigenvalue weighted by molar-refractivity contribution is 5.88. The molecular formula is C17H18N2O5. The Morgan fingerprint density at radius 3 is 2.88 bits per heavy atom. The quantitative estimate of drug-likeness (QED) is 0.802. The molecule has 126 valence electrons. The summed E-state index contributed by atoms with van der Waals surface area (Å²) >= 11 is 0. The molecule has 1 aliphatic heterocycles. The molecule has 1 aliphatic rings. The minimum Gasteiger partial charge on any atom is -0.464 e. The van der Waals surface area contributed by atoms with Crippen molar-refractivity contribution in [1.82, 2.24) is 9.88 Å². The van der Waals surface area contributed by atoms with Crippen molar-refractivity contribution in [3.8, 4) is 0 Å². The summed E-state index contributed by atoms with van der Waals surface area (Å²) in [5.41, 5.74) is 1.02. The van der Waals surface area contributed by atoms with Crippen LogP contribution in [-0.4, -0.2) is 35.6 Å². The third-order valence-corrected chi connectivity index (χ3v) is 3.97. The molecule has 1 fully saturated rings. The molecule has 1 amide bonds. The first-order chi connectivity index (χ1) is 11.7. The Bertz CT molecular complexity index is 713. The summed E-state index contributed by atoms with van der Waals surface area (Å²) in [4.78, 5) is 29.6. The van der Waals surface area contributed by atoms with Crippen molar-refractivity contribution in [3.05, 3.63) is 53.7 Å². The Morgan fingerprint density at radius 2 is 2.12 bits per heavy atom. The Morgan fingerprint density at radius 1 is 1.33 bits per heavy atom. The van der Waals surface area contributed by atoms with E-state index in [-0.39, 0.29) is 18.3 Å². The molecule has 1 atom stereocenters. The van der Waals surface area contributed by atoms with Gasteiger partial charge in [0, 0.05) is 6.54 Å². The van der Waals surface area contributed by atoms with Gasteiger partial charge in [0.2, 0.25) is 0 Å². The molecule has 1 aromatic carbocycles. The average molecular weight is 330 g/mol. The van der Waals surface area contributed by atoms with Gasteiger partial charge < -0.3 is 13.9 Å². The number of rotatable bonds is 4. The Kier molecular flexibility index (Phi) is 4.79. The molecule has 0 radical (unpaired) electrons. The molecule has 0 N–H and O–H groups in total. The fourth-order valence-corrected chi connectivity index (χ4v) is 2.80. The molecule has 24 heavy (non-hydrogen) atoms. The smallest absolute Gasteiger partial charge is 0.410 e. The zero-order valence-corrected chi connectivity index (χ0v) is 13.3. The second-order valence-electron chi connectivity index (χ2n) is 5.45. The molecule has 1 saturated heterocycles. The van der Waals surface area contributed by atoms with Gasteiger partial charge >= 0.3 is 12.1 Å². The lowest BCUT2D eigenvalue weighted by molar-refractivity contribution is 0.0584. The average Bonchev–Trinajstić information content (AvgIpc) is 3.28. The van der Waals surface area contributed by atoms with E-state index < -0.39 is 12.1 Å². The normalized spacial score (nSPS) is 16.9. The van der Waals surface area contributed by atoms with Gasteiger partial charge in [-0.1, -0.05) is 30.3 Å². The van der Waals surface area contributed by atoms with Gasteiger partial charge in [0.1, 0.15) is 6.61 Å². The summed E-state index contributed by atoms with van der Waals surface area (Å²) in [6.45, 7) is 0.739. The molecule has 1 aromatic heterocycles. The maximum atomic E-state index is 12.4. The number of hydrogen-bond acceptors (Lipinski definition) is 6. The van der Waals surface area contributed by atoms with Gasteiger partial charge in [-0.25, -0.2) is 14.6 Å². The molecule has 0 bridgehead atoms. The second-order valence-corrected chi connectivity index (χ2v) is 5.45. The van der Waals surface area contributed by atoms with E-state index in [0.717, 1.165) is 12.0 Å². The van der Waals surface area contributed by atoms with E-state index >= 15 is 0 Å². The number of nitrogens with zero attached hydrogens (tertiary/aromatic N) is 2. The highest BCUT2D eigenvalue weighted by atomic mass is 16.6. The monoisotopic (exact) mass is 330 g/mol. The number of oxazole rings is 1. The number of methoxy groups -OCH3 is 1. The second kappa shape index (κ2) is 7.16. The number of hydrogen-bond donors (Lipinski definition) is 0. The molecule has 7 heteroatoms. The van der Waals surface area contributed by atoms with Crippen molar-refractivity contribution in [2.75, 3.05) is 13.7 Å². The number of likely N-dealkylation sites (tertiary alicyclic amines) is 1. The van der Waals surface area contributed by atoms with Crippen LogP contribution < -0.4 is 0 Å². The van der Waals surface area contributed by atoms with E-state index in [4.69, 9.17) is 13.9 Å². The molecular weight excluding hydrogens is 312 g/mol. The number of carbonyl (C=O) groups is 2. The number of esters is 1. The topological polar surface area (TPSA) is 81.9 Å². The van der Waals surface area contributed by atoms with Gasteiger partial charge in [-0.3, -0.25) is 4.90 Å². The molecule has 0 aliphatic carbocycles. The highest BCUT2D eigenvalue weighted by Gasteiger charge is 2.36. The fraction of sp³-hybridized carbons (Fsp3) is 0.353. The Hall–Kier alpha value is -2.83.